The third kappa shape index (κ3) is 2.13. The van der Waals surface area contributed by atoms with E-state index in [9.17, 15) is 0 Å². The molecule has 1 aliphatic heterocycles. The number of anilines is 1. The van der Waals surface area contributed by atoms with E-state index in [1.807, 2.05) is 0 Å². The van der Waals surface area contributed by atoms with Crippen LogP contribution in [0.15, 0.2) is 6.33 Å². The van der Waals surface area contributed by atoms with Gasteiger partial charge in [0.25, 0.3) is 0 Å². The Kier molecular flexibility index (Phi) is 3.19. The van der Waals surface area contributed by atoms with E-state index < -0.39 is 0 Å². The van der Waals surface area contributed by atoms with Crippen LogP contribution in [0.1, 0.15) is 30.5 Å². The third-order valence-corrected chi connectivity index (χ3v) is 4.17. The van der Waals surface area contributed by atoms with Gasteiger partial charge in [0.1, 0.15) is 12.1 Å². The highest BCUT2D eigenvalue weighted by molar-refractivity contribution is 6.17. The van der Waals surface area contributed by atoms with Gasteiger partial charge in [-0.05, 0) is 38.0 Å². The number of alkyl halides is 1. The molecule has 17 heavy (non-hydrogen) atoms. The Labute approximate surface area is 107 Å². The van der Waals surface area contributed by atoms with Gasteiger partial charge in [-0.25, -0.2) is 9.97 Å². The van der Waals surface area contributed by atoms with E-state index in [-0.39, 0.29) is 0 Å². The minimum Gasteiger partial charge on any atom is -0.356 e. The average Bonchev–Trinajstić information content (AvgIpc) is 2.96. The number of rotatable bonds is 3. The highest BCUT2D eigenvalue weighted by atomic mass is 35.5. The number of halogens is 1. The summed E-state index contributed by atoms with van der Waals surface area (Å²) in [4.78, 5) is 11.3. The predicted octanol–water partition coefficient (Wildman–Crippen LogP) is 2.42. The summed E-state index contributed by atoms with van der Waals surface area (Å²) >= 11 is 5.82. The topological polar surface area (TPSA) is 29.0 Å². The van der Waals surface area contributed by atoms with E-state index in [0.29, 0.717) is 0 Å². The molecule has 0 aromatic carbocycles. The smallest absolute Gasteiger partial charge is 0.135 e. The van der Waals surface area contributed by atoms with E-state index >= 15 is 0 Å². The van der Waals surface area contributed by atoms with E-state index in [2.05, 4.69) is 14.9 Å². The zero-order valence-corrected chi connectivity index (χ0v) is 10.8. The number of hydrogen-bond donors (Lipinski definition) is 0. The molecule has 1 atom stereocenters. The first-order valence-electron chi connectivity index (χ1n) is 6.52. The molecule has 3 nitrogen and oxygen atoms in total. The van der Waals surface area contributed by atoms with Crippen molar-refractivity contribution in [1.82, 2.24) is 9.97 Å². The molecule has 1 unspecified atom stereocenters. The molecule has 1 aromatic heterocycles. The largest absolute Gasteiger partial charge is 0.356 e. The lowest BCUT2D eigenvalue weighted by Crippen LogP contribution is -2.22. The first-order chi connectivity index (χ1) is 8.38. The van der Waals surface area contributed by atoms with Crippen molar-refractivity contribution in [1.29, 1.82) is 0 Å². The Balaban J connectivity index is 1.79. The van der Waals surface area contributed by atoms with Crippen LogP contribution in [0.4, 0.5) is 5.82 Å². The molecule has 1 aromatic rings. The molecule has 2 heterocycles. The van der Waals surface area contributed by atoms with Crippen molar-refractivity contribution in [2.75, 3.05) is 23.9 Å². The molecular weight excluding hydrogens is 234 g/mol. The quantitative estimate of drug-likeness (QED) is 0.773. The second kappa shape index (κ2) is 4.81. The van der Waals surface area contributed by atoms with Crippen LogP contribution in [0.3, 0.4) is 0 Å². The van der Waals surface area contributed by atoms with Crippen LogP contribution < -0.4 is 4.90 Å². The van der Waals surface area contributed by atoms with E-state index in [1.165, 1.54) is 29.9 Å². The van der Waals surface area contributed by atoms with Gasteiger partial charge in [-0.3, -0.25) is 0 Å². The van der Waals surface area contributed by atoms with Crippen LogP contribution in [0, 0.1) is 5.92 Å². The van der Waals surface area contributed by atoms with Gasteiger partial charge in [-0.15, -0.1) is 11.6 Å². The summed E-state index contributed by atoms with van der Waals surface area (Å²) in [5.74, 6) is 2.73. The molecule has 1 aliphatic carbocycles. The van der Waals surface area contributed by atoms with Crippen molar-refractivity contribution in [3.05, 3.63) is 17.6 Å². The summed E-state index contributed by atoms with van der Waals surface area (Å²) in [7, 11) is 0. The van der Waals surface area contributed by atoms with Crippen molar-refractivity contribution < 1.29 is 0 Å². The van der Waals surface area contributed by atoms with Gasteiger partial charge in [0.05, 0.1) is 0 Å². The fourth-order valence-corrected chi connectivity index (χ4v) is 3.34. The Morgan fingerprint density at radius 3 is 3.18 bits per heavy atom. The van der Waals surface area contributed by atoms with Crippen molar-refractivity contribution in [3.8, 4) is 0 Å². The second-order valence-electron chi connectivity index (χ2n) is 5.05. The number of aromatic nitrogens is 2. The maximum Gasteiger partial charge on any atom is 0.135 e. The van der Waals surface area contributed by atoms with Gasteiger partial charge in [0, 0.05) is 30.2 Å². The molecule has 0 N–H and O–H groups in total. The molecule has 4 heteroatoms. The molecule has 0 radical (unpaired) electrons. The van der Waals surface area contributed by atoms with Gasteiger partial charge in [-0.2, -0.15) is 0 Å². The standard InChI is InChI=1S/C13H18ClN3/c14-6-4-10-5-7-17(8-10)13-11-2-1-3-12(11)15-9-16-13/h9-10H,1-8H2. The Morgan fingerprint density at radius 2 is 2.29 bits per heavy atom. The molecule has 3 rings (SSSR count). The fraction of sp³-hybridized carbons (Fsp3) is 0.692. The van der Waals surface area contributed by atoms with Crippen LogP contribution in [0.5, 0.6) is 0 Å². The molecule has 92 valence electrons. The van der Waals surface area contributed by atoms with Crippen molar-refractivity contribution in [2.24, 2.45) is 5.92 Å². The summed E-state index contributed by atoms with van der Waals surface area (Å²) in [5.41, 5.74) is 2.68. The molecule has 0 bridgehead atoms. The minimum absolute atomic E-state index is 0.750. The van der Waals surface area contributed by atoms with Crippen molar-refractivity contribution >= 4 is 17.4 Å². The molecule has 1 fully saturated rings. The van der Waals surface area contributed by atoms with Crippen molar-refractivity contribution in [2.45, 2.75) is 32.1 Å². The maximum atomic E-state index is 5.82. The zero-order chi connectivity index (χ0) is 11.7. The van der Waals surface area contributed by atoms with Crippen LogP contribution in [-0.4, -0.2) is 28.9 Å². The fourth-order valence-electron chi connectivity index (χ4n) is 3.03. The number of fused-ring (bicyclic) bond motifs is 1. The zero-order valence-electron chi connectivity index (χ0n) is 10.0. The van der Waals surface area contributed by atoms with Gasteiger partial charge in [0.2, 0.25) is 0 Å². The highest BCUT2D eigenvalue weighted by Gasteiger charge is 2.27. The van der Waals surface area contributed by atoms with E-state index in [1.54, 1.807) is 6.33 Å². The lowest BCUT2D eigenvalue weighted by molar-refractivity contribution is 0.572. The number of nitrogens with zero attached hydrogens (tertiary/aromatic N) is 3. The monoisotopic (exact) mass is 251 g/mol. The van der Waals surface area contributed by atoms with Gasteiger partial charge >= 0.3 is 0 Å². The van der Waals surface area contributed by atoms with Crippen LogP contribution in [0.2, 0.25) is 0 Å². The van der Waals surface area contributed by atoms with E-state index in [0.717, 1.165) is 44.1 Å². The molecule has 0 saturated carbocycles. The Hall–Kier alpha value is -0.830. The first-order valence-corrected chi connectivity index (χ1v) is 7.05. The minimum atomic E-state index is 0.750. The molecule has 0 spiro atoms. The normalized spacial score (nSPS) is 23.1. The first kappa shape index (κ1) is 11.3. The highest BCUT2D eigenvalue weighted by Crippen LogP contribution is 2.31. The van der Waals surface area contributed by atoms with Crippen LogP contribution >= 0.6 is 11.6 Å². The molecule has 0 amide bonds. The van der Waals surface area contributed by atoms with E-state index in [4.69, 9.17) is 11.6 Å². The van der Waals surface area contributed by atoms with Gasteiger partial charge < -0.3 is 4.90 Å². The van der Waals surface area contributed by atoms with Crippen LogP contribution in [-0.2, 0) is 12.8 Å². The maximum absolute atomic E-state index is 5.82. The van der Waals surface area contributed by atoms with Gasteiger partial charge in [0.15, 0.2) is 0 Å². The van der Waals surface area contributed by atoms with Crippen LogP contribution in [0.25, 0.3) is 0 Å². The Morgan fingerprint density at radius 1 is 1.35 bits per heavy atom. The molecule has 2 aliphatic rings. The van der Waals surface area contributed by atoms with Crippen molar-refractivity contribution in [3.63, 3.8) is 0 Å². The third-order valence-electron chi connectivity index (χ3n) is 3.95. The average molecular weight is 252 g/mol. The Bertz CT molecular complexity index is 408. The molecular formula is C13H18ClN3. The second-order valence-corrected chi connectivity index (χ2v) is 5.43. The summed E-state index contributed by atoms with van der Waals surface area (Å²) in [6.07, 6.45) is 7.64. The number of hydrogen-bond acceptors (Lipinski definition) is 3. The number of aryl methyl sites for hydroxylation is 1. The lowest BCUT2D eigenvalue weighted by atomic mass is 10.1. The summed E-state index contributed by atoms with van der Waals surface area (Å²) in [5, 5.41) is 0. The summed E-state index contributed by atoms with van der Waals surface area (Å²) in [6, 6.07) is 0. The summed E-state index contributed by atoms with van der Waals surface area (Å²) in [6.45, 7) is 2.25. The predicted molar refractivity (Wildman–Crippen MR) is 69.7 cm³/mol. The molecule has 1 saturated heterocycles. The lowest BCUT2D eigenvalue weighted by Gasteiger charge is -2.20. The SMILES string of the molecule is ClCCC1CCN(c2ncnc3c2CCC3)C1. The van der Waals surface area contributed by atoms with Gasteiger partial charge in [-0.1, -0.05) is 0 Å². The summed E-state index contributed by atoms with van der Waals surface area (Å²) < 4.78 is 0.